The zero-order valence-electron chi connectivity index (χ0n) is 10.2. The summed E-state index contributed by atoms with van der Waals surface area (Å²) in [4.78, 5) is 0. The minimum absolute atomic E-state index is 0.551. The minimum Gasteiger partial charge on any atom is -0.316 e. The van der Waals surface area contributed by atoms with Gasteiger partial charge in [-0.1, -0.05) is 25.1 Å². The molecule has 0 bridgehead atoms. The molecule has 1 aromatic carbocycles. The molecule has 2 N–H and O–H groups in total. The number of H-pyrrole nitrogens is 1. The number of aromatic nitrogens is 2. The third-order valence-corrected chi connectivity index (χ3v) is 3.99. The normalized spacial score (nSPS) is 22.8. The van der Waals surface area contributed by atoms with Gasteiger partial charge in [-0.05, 0) is 37.9 Å². The van der Waals surface area contributed by atoms with Crippen LogP contribution in [0.4, 0.5) is 0 Å². The summed E-state index contributed by atoms with van der Waals surface area (Å²) in [6.45, 7) is 4.62. The predicted molar refractivity (Wildman–Crippen MR) is 70.1 cm³/mol. The first-order valence-electron chi connectivity index (χ1n) is 6.50. The molecule has 1 aromatic heterocycles. The SMILES string of the molecule is CC(c1[nH]nc2ccccc12)C1CCCNC1. The van der Waals surface area contributed by atoms with E-state index in [1.807, 2.05) is 6.07 Å². The Kier molecular flexibility index (Phi) is 2.85. The molecule has 1 saturated heterocycles. The summed E-state index contributed by atoms with van der Waals surface area (Å²) >= 11 is 0. The molecule has 90 valence electrons. The van der Waals surface area contributed by atoms with Crippen molar-refractivity contribution in [3.63, 3.8) is 0 Å². The van der Waals surface area contributed by atoms with Gasteiger partial charge < -0.3 is 5.32 Å². The molecule has 0 spiro atoms. The predicted octanol–water partition coefficient (Wildman–Crippen LogP) is 2.67. The van der Waals surface area contributed by atoms with Crippen molar-refractivity contribution in [1.82, 2.24) is 15.5 Å². The van der Waals surface area contributed by atoms with Crippen LogP contribution in [0.5, 0.6) is 0 Å². The third-order valence-electron chi connectivity index (χ3n) is 3.99. The van der Waals surface area contributed by atoms with Gasteiger partial charge in [0.05, 0.1) is 5.52 Å². The summed E-state index contributed by atoms with van der Waals surface area (Å²) in [7, 11) is 0. The number of rotatable bonds is 2. The first-order chi connectivity index (χ1) is 8.36. The molecule has 1 aliphatic heterocycles. The van der Waals surface area contributed by atoms with Gasteiger partial charge in [-0.3, -0.25) is 5.10 Å². The molecular weight excluding hydrogens is 210 g/mol. The van der Waals surface area contributed by atoms with E-state index >= 15 is 0 Å². The minimum atomic E-state index is 0.551. The maximum absolute atomic E-state index is 4.39. The lowest BCUT2D eigenvalue weighted by Gasteiger charge is -2.27. The van der Waals surface area contributed by atoms with Crippen LogP contribution in [0, 0.1) is 5.92 Å². The van der Waals surface area contributed by atoms with Crippen molar-refractivity contribution in [3.8, 4) is 0 Å². The van der Waals surface area contributed by atoms with Crippen LogP contribution in [0.2, 0.25) is 0 Å². The number of piperidine rings is 1. The van der Waals surface area contributed by atoms with Crippen LogP contribution in [0.15, 0.2) is 24.3 Å². The van der Waals surface area contributed by atoms with E-state index in [-0.39, 0.29) is 0 Å². The third kappa shape index (κ3) is 1.95. The van der Waals surface area contributed by atoms with Crippen LogP contribution in [0.25, 0.3) is 10.9 Å². The van der Waals surface area contributed by atoms with Gasteiger partial charge in [0.1, 0.15) is 0 Å². The Bertz CT molecular complexity index is 497. The smallest absolute Gasteiger partial charge is 0.0923 e. The standard InChI is InChI=1S/C14H19N3/c1-10(11-5-4-8-15-9-11)14-12-6-2-3-7-13(12)16-17-14/h2-3,6-7,10-11,15H,4-5,8-9H2,1H3,(H,16,17). The zero-order chi connectivity index (χ0) is 11.7. The van der Waals surface area contributed by atoms with Crippen LogP contribution in [-0.2, 0) is 0 Å². The average Bonchev–Trinajstić information content (AvgIpc) is 2.83. The molecule has 2 heterocycles. The molecule has 0 aliphatic carbocycles. The lowest BCUT2D eigenvalue weighted by Crippen LogP contribution is -2.32. The Morgan fingerprint density at radius 2 is 2.24 bits per heavy atom. The maximum atomic E-state index is 4.39. The molecule has 17 heavy (non-hydrogen) atoms. The summed E-state index contributed by atoms with van der Waals surface area (Å²) in [6, 6.07) is 8.37. The van der Waals surface area contributed by atoms with E-state index in [1.165, 1.54) is 30.5 Å². The van der Waals surface area contributed by atoms with Crippen molar-refractivity contribution < 1.29 is 0 Å². The Labute approximate surface area is 102 Å². The molecule has 0 amide bonds. The van der Waals surface area contributed by atoms with Crippen LogP contribution >= 0.6 is 0 Å². The monoisotopic (exact) mass is 229 g/mol. The topological polar surface area (TPSA) is 40.7 Å². The molecule has 1 aliphatic rings. The highest BCUT2D eigenvalue weighted by atomic mass is 15.1. The van der Waals surface area contributed by atoms with E-state index in [1.54, 1.807) is 0 Å². The molecule has 3 rings (SSSR count). The average molecular weight is 229 g/mol. The summed E-state index contributed by atoms with van der Waals surface area (Å²) in [5, 5.41) is 12.4. The highest BCUT2D eigenvalue weighted by Gasteiger charge is 2.23. The fraction of sp³-hybridized carbons (Fsp3) is 0.500. The number of para-hydroxylation sites is 1. The van der Waals surface area contributed by atoms with Crippen LogP contribution in [0.1, 0.15) is 31.4 Å². The van der Waals surface area contributed by atoms with Gasteiger partial charge in [0.25, 0.3) is 0 Å². The van der Waals surface area contributed by atoms with Crippen LogP contribution < -0.4 is 5.32 Å². The van der Waals surface area contributed by atoms with E-state index in [0.29, 0.717) is 5.92 Å². The van der Waals surface area contributed by atoms with Gasteiger partial charge in [0.2, 0.25) is 0 Å². The van der Waals surface area contributed by atoms with Gasteiger partial charge in [-0.15, -0.1) is 0 Å². The van der Waals surface area contributed by atoms with Crippen molar-refractivity contribution in [1.29, 1.82) is 0 Å². The molecule has 0 radical (unpaired) electrons. The van der Waals surface area contributed by atoms with Gasteiger partial charge in [-0.25, -0.2) is 0 Å². The van der Waals surface area contributed by atoms with Crippen molar-refractivity contribution in [3.05, 3.63) is 30.0 Å². The second kappa shape index (κ2) is 4.49. The fourth-order valence-electron chi connectivity index (χ4n) is 2.87. The quantitative estimate of drug-likeness (QED) is 0.831. The number of nitrogens with one attached hydrogen (secondary N) is 2. The molecule has 2 atom stereocenters. The van der Waals surface area contributed by atoms with E-state index in [4.69, 9.17) is 0 Å². The molecule has 0 saturated carbocycles. The molecule has 2 unspecified atom stereocenters. The van der Waals surface area contributed by atoms with Crippen molar-refractivity contribution in [2.24, 2.45) is 5.92 Å². The Morgan fingerprint density at radius 1 is 1.35 bits per heavy atom. The Balaban J connectivity index is 1.92. The summed E-state index contributed by atoms with van der Waals surface area (Å²) in [5.74, 6) is 1.28. The van der Waals surface area contributed by atoms with Crippen molar-refractivity contribution in [2.45, 2.75) is 25.7 Å². The van der Waals surface area contributed by atoms with E-state index < -0.39 is 0 Å². The van der Waals surface area contributed by atoms with Gasteiger partial charge in [-0.2, -0.15) is 5.10 Å². The largest absolute Gasteiger partial charge is 0.316 e. The molecular formula is C14H19N3. The Morgan fingerprint density at radius 3 is 3.06 bits per heavy atom. The fourth-order valence-corrected chi connectivity index (χ4v) is 2.87. The number of nitrogens with zero attached hydrogens (tertiary/aromatic N) is 1. The number of aromatic amines is 1. The van der Waals surface area contributed by atoms with Crippen LogP contribution in [-0.4, -0.2) is 23.3 Å². The molecule has 3 nitrogen and oxygen atoms in total. The lowest BCUT2D eigenvalue weighted by atomic mass is 9.84. The lowest BCUT2D eigenvalue weighted by molar-refractivity contribution is 0.332. The second-order valence-corrected chi connectivity index (χ2v) is 5.05. The maximum Gasteiger partial charge on any atom is 0.0923 e. The van der Waals surface area contributed by atoms with Crippen LogP contribution in [0.3, 0.4) is 0 Å². The van der Waals surface area contributed by atoms with Gasteiger partial charge in [0, 0.05) is 17.0 Å². The molecule has 3 heteroatoms. The van der Waals surface area contributed by atoms with E-state index in [9.17, 15) is 0 Å². The van der Waals surface area contributed by atoms with Crippen molar-refractivity contribution in [2.75, 3.05) is 13.1 Å². The Hall–Kier alpha value is -1.35. The van der Waals surface area contributed by atoms with E-state index in [0.717, 1.165) is 18.0 Å². The summed E-state index contributed by atoms with van der Waals surface area (Å²) in [5.41, 5.74) is 2.38. The number of hydrogen-bond donors (Lipinski definition) is 2. The number of fused-ring (bicyclic) bond motifs is 1. The molecule has 2 aromatic rings. The highest BCUT2D eigenvalue weighted by molar-refractivity contribution is 5.81. The molecule has 1 fully saturated rings. The van der Waals surface area contributed by atoms with Crippen molar-refractivity contribution >= 4 is 10.9 Å². The van der Waals surface area contributed by atoms with Gasteiger partial charge >= 0.3 is 0 Å². The second-order valence-electron chi connectivity index (χ2n) is 5.05. The number of hydrogen-bond acceptors (Lipinski definition) is 2. The highest BCUT2D eigenvalue weighted by Crippen LogP contribution is 2.31. The summed E-state index contributed by atoms with van der Waals surface area (Å²) < 4.78 is 0. The summed E-state index contributed by atoms with van der Waals surface area (Å²) in [6.07, 6.45) is 2.61. The zero-order valence-corrected chi connectivity index (χ0v) is 10.2. The van der Waals surface area contributed by atoms with Gasteiger partial charge in [0.15, 0.2) is 0 Å². The first kappa shape index (κ1) is 10.8. The van der Waals surface area contributed by atoms with E-state index in [2.05, 4.69) is 40.6 Å². The first-order valence-corrected chi connectivity index (χ1v) is 6.50. The number of benzene rings is 1.